The van der Waals surface area contributed by atoms with Crippen LogP contribution in [0.1, 0.15) is 18.2 Å². The van der Waals surface area contributed by atoms with Gasteiger partial charge < -0.3 is 15.0 Å². The van der Waals surface area contributed by atoms with Crippen molar-refractivity contribution < 1.29 is 14.3 Å². The molecule has 2 aromatic carbocycles. The first-order chi connectivity index (χ1) is 15.0. The number of ether oxygens (including phenoxy) is 1. The third-order valence-electron chi connectivity index (χ3n) is 4.72. The molecule has 6 nitrogen and oxygen atoms in total. The summed E-state index contributed by atoms with van der Waals surface area (Å²) in [6.07, 6.45) is 1.67. The first-order valence-corrected chi connectivity index (χ1v) is 10.3. The van der Waals surface area contributed by atoms with Crippen molar-refractivity contribution in [2.24, 2.45) is 0 Å². The van der Waals surface area contributed by atoms with Crippen LogP contribution < -0.4 is 10.1 Å². The summed E-state index contributed by atoms with van der Waals surface area (Å²) >= 11 is 6.11. The zero-order valence-corrected chi connectivity index (χ0v) is 18.0. The Hall–Kier alpha value is -3.38. The number of pyridine rings is 1. The van der Waals surface area contributed by atoms with Crippen molar-refractivity contribution in [1.82, 2.24) is 15.2 Å². The first kappa shape index (κ1) is 22.3. The lowest BCUT2D eigenvalue weighted by Crippen LogP contribution is -2.48. The monoisotopic (exact) mass is 437 g/mol. The van der Waals surface area contributed by atoms with E-state index in [0.717, 1.165) is 11.3 Å². The highest BCUT2D eigenvalue weighted by molar-refractivity contribution is 6.32. The van der Waals surface area contributed by atoms with Gasteiger partial charge in [-0.25, -0.2) is 0 Å². The molecule has 0 bridgehead atoms. The van der Waals surface area contributed by atoms with Crippen molar-refractivity contribution in [3.05, 3.63) is 95.3 Å². The maximum atomic E-state index is 13.0. The molecule has 0 unspecified atom stereocenters. The molecule has 0 aliphatic carbocycles. The molecule has 1 N–H and O–H groups in total. The number of hydrogen-bond donors (Lipinski definition) is 1. The van der Waals surface area contributed by atoms with Gasteiger partial charge in [-0.05, 0) is 36.8 Å². The SMILES string of the molecule is C[C@H](C(=O)NCc1ccccn1)N(Cc1ccccc1)C(=O)COc1ccccc1Cl. The number of rotatable bonds is 9. The smallest absolute Gasteiger partial charge is 0.261 e. The molecule has 2 amide bonds. The number of carbonyl (C=O) groups is 2. The van der Waals surface area contributed by atoms with Gasteiger partial charge in [0.1, 0.15) is 11.8 Å². The molecular formula is C24H24ClN3O3. The first-order valence-electron chi connectivity index (χ1n) is 9.93. The molecule has 0 aliphatic rings. The molecule has 1 heterocycles. The highest BCUT2D eigenvalue weighted by Gasteiger charge is 2.26. The van der Waals surface area contributed by atoms with E-state index >= 15 is 0 Å². The van der Waals surface area contributed by atoms with E-state index in [9.17, 15) is 9.59 Å². The van der Waals surface area contributed by atoms with Gasteiger partial charge in [-0.3, -0.25) is 14.6 Å². The van der Waals surface area contributed by atoms with Crippen LogP contribution in [0.3, 0.4) is 0 Å². The lowest BCUT2D eigenvalue weighted by atomic mass is 10.1. The molecule has 0 saturated carbocycles. The molecule has 0 fully saturated rings. The lowest BCUT2D eigenvalue weighted by molar-refractivity contribution is -0.142. The zero-order valence-electron chi connectivity index (χ0n) is 17.2. The van der Waals surface area contributed by atoms with Crippen LogP contribution in [-0.2, 0) is 22.7 Å². The number of hydrogen-bond acceptors (Lipinski definition) is 4. The highest BCUT2D eigenvalue weighted by Crippen LogP contribution is 2.23. The third-order valence-corrected chi connectivity index (χ3v) is 5.03. The molecule has 160 valence electrons. The average Bonchev–Trinajstić information content (AvgIpc) is 2.81. The Labute approximate surface area is 186 Å². The van der Waals surface area contributed by atoms with E-state index in [1.165, 1.54) is 4.90 Å². The predicted molar refractivity (Wildman–Crippen MR) is 119 cm³/mol. The van der Waals surface area contributed by atoms with Crippen LogP contribution in [0.2, 0.25) is 5.02 Å². The summed E-state index contributed by atoms with van der Waals surface area (Å²) in [6, 6.07) is 21.3. The Morgan fingerprint density at radius 3 is 2.45 bits per heavy atom. The average molecular weight is 438 g/mol. The molecule has 0 spiro atoms. The van der Waals surface area contributed by atoms with Gasteiger partial charge in [0, 0.05) is 12.7 Å². The maximum absolute atomic E-state index is 13.0. The molecule has 1 atom stereocenters. The van der Waals surface area contributed by atoms with Crippen molar-refractivity contribution in [3.63, 3.8) is 0 Å². The van der Waals surface area contributed by atoms with E-state index < -0.39 is 6.04 Å². The van der Waals surface area contributed by atoms with Crippen LogP contribution >= 0.6 is 11.6 Å². The second kappa shape index (κ2) is 11.1. The predicted octanol–water partition coefficient (Wildman–Crippen LogP) is 3.85. The Bertz CT molecular complexity index is 999. The molecule has 1 aromatic heterocycles. The fourth-order valence-corrected chi connectivity index (χ4v) is 3.17. The van der Waals surface area contributed by atoms with Gasteiger partial charge in [0.05, 0.1) is 17.3 Å². The molecule has 7 heteroatoms. The summed E-state index contributed by atoms with van der Waals surface area (Å²) in [6.45, 7) is 2.04. The Balaban J connectivity index is 1.69. The van der Waals surface area contributed by atoms with Gasteiger partial charge in [-0.2, -0.15) is 0 Å². The normalized spacial score (nSPS) is 11.4. The molecule has 31 heavy (non-hydrogen) atoms. The Morgan fingerprint density at radius 1 is 1.03 bits per heavy atom. The van der Waals surface area contributed by atoms with Crippen LogP contribution in [0.15, 0.2) is 79.0 Å². The summed E-state index contributed by atoms with van der Waals surface area (Å²) in [4.78, 5) is 31.5. The molecule has 0 aliphatic heterocycles. The summed E-state index contributed by atoms with van der Waals surface area (Å²) in [5.74, 6) is -0.165. The number of aromatic nitrogens is 1. The van der Waals surface area contributed by atoms with Crippen molar-refractivity contribution in [3.8, 4) is 5.75 Å². The van der Waals surface area contributed by atoms with E-state index in [0.29, 0.717) is 10.8 Å². The van der Waals surface area contributed by atoms with Crippen LogP contribution in [0.25, 0.3) is 0 Å². The number of para-hydroxylation sites is 1. The minimum absolute atomic E-state index is 0.228. The number of amides is 2. The van der Waals surface area contributed by atoms with Crippen LogP contribution in [0.5, 0.6) is 5.75 Å². The maximum Gasteiger partial charge on any atom is 0.261 e. The molecule has 0 saturated heterocycles. The van der Waals surface area contributed by atoms with Gasteiger partial charge in [0.2, 0.25) is 5.91 Å². The summed E-state index contributed by atoms with van der Waals surface area (Å²) in [5.41, 5.74) is 1.66. The van der Waals surface area contributed by atoms with Crippen LogP contribution in [0.4, 0.5) is 0 Å². The summed E-state index contributed by atoms with van der Waals surface area (Å²) < 4.78 is 5.61. The van der Waals surface area contributed by atoms with Gasteiger partial charge in [-0.1, -0.05) is 60.1 Å². The van der Waals surface area contributed by atoms with Crippen molar-refractivity contribution in [2.45, 2.75) is 26.1 Å². The molecule has 3 rings (SSSR count). The quantitative estimate of drug-likeness (QED) is 0.552. The van der Waals surface area contributed by atoms with Crippen molar-refractivity contribution >= 4 is 23.4 Å². The lowest BCUT2D eigenvalue weighted by Gasteiger charge is -2.28. The minimum atomic E-state index is -0.703. The standard InChI is InChI=1S/C24H24ClN3O3/c1-18(24(30)27-15-20-11-7-8-14-26-20)28(16-19-9-3-2-4-10-19)23(29)17-31-22-13-6-5-12-21(22)25/h2-14,18H,15-17H2,1H3,(H,27,30)/t18-/m1/s1. The van der Waals surface area contributed by atoms with E-state index in [2.05, 4.69) is 10.3 Å². The third kappa shape index (κ3) is 6.55. The van der Waals surface area contributed by atoms with E-state index in [1.54, 1.807) is 37.4 Å². The molecular weight excluding hydrogens is 414 g/mol. The number of carbonyl (C=O) groups excluding carboxylic acids is 2. The molecule has 0 radical (unpaired) electrons. The second-order valence-corrected chi connectivity index (χ2v) is 7.35. The second-order valence-electron chi connectivity index (χ2n) is 6.94. The van der Waals surface area contributed by atoms with Gasteiger partial charge in [0.25, 0.3) is 5.91 Å². The van der Waals surface area contributed by atoms with Gasteiger partial charge >= 0.3 is 0 Å². The van der Waals surface area contributed by atoms with Crippen LogP contribution in [0, 0.1) is 0 Å². The number of nitrogens with one attached hydrogen (secondary N) is 1. The largest absolute Gasteiger partial charge is 0.482 e. The molecule has 3 aromatic rings. The Kier molecular flexibility index (Phi) is 8.01. The number of halogens is 1. The topological polar surface area (TPSA) is 71.5 Å². The van der Waals surface area contributed by atoms with E-state index in [-0.39, 0.29) is 31.5 Å². The van der Waals surface area contributed by atoms with Crippen molar-refractivity contribution in [1.29, 1.82) is 0 Å². The fraction of sp³-hybridized carbons (Fsp3) is 0.208. The Morgan fingerprint density at radius 2 is 1.74 bits per heavy atom. The fourth-order valence-electron chi connectivity index (χ4n) is 2.98. The van der Waals surface area contributed by atoms with Crippen LogP contribution in [-0.4, -0.2) is 34.3 Å². The zero-order chi connectivity index (χ0) is 22.1. The van der Waals surface area contributed by atoms with Gasteiger partial charge in [0.15, 0.2) is 6.61 Å². The highest BCUT2D eigenvalue weighted by atomic mass is 35.5. The minimum Gasteiger partial charge on any atom is -0.482 e. The van der Waals surface area contributed by atoms with Gasteiger partial charge in [-0.15, -0.1) is 0 Å². The summed E-state index contributed by atoms with van der Waals surface area (Å²) in [5, 5.41) is 3.27. The number of nitrogens with zero attached hydrogens (tertiary/aromatic N) is 2. The van der Waals surface area contributed by atoms with E-state index in [1.807, 2.05) is 48.5 Å². The number of benzene rings is 2. The summed E-state index contributed by atoms with van der Waals surface area (Å²) in [7, 11) is 0. The van der Waals surface area contributed by atoms with E-state index in [4.69, 9.17) is 16.3 Å². The van der Waals surface area contributed by atoms with Crippen molar-refractivity contribution in [2.75, 3.05) is 6.61 Å².